The first kappa shape index (κ1) is 20.2. The van der Waals surface area contributed by atoms with E-state index in [1.807, 2.05) is 13.0 Å². The summed E-state index contributed by atoms with van der Waals surface area (Å²) >= 11 is 0. The van der Waals surface area contributed by atoms with Gasteiger partial charge in [-0.3, -0.25) is 4.79 Å². The largest absolute Gasteiger partial charge is 0.378 e. The number of morpholine rings is 1. The number of aromatic nitrogens is 2. The molecule has 10 heteroatoms. The fourth-order valence-corrected chi connectivity index (χ4v) is 3.79. The summed E-state index contributed by atoms with van der Waals surface area (Å²) in [7, 11) is -3.73. The second-order valence-corrected chi connectivity index (χ2v) is 8.18. The average molecular weight is 405 g/mol. The standard InChI is InChI=1S/C18H23N5O4S/c1-13-11-18(23-7-9-27-10-8-23)22-17(20-13)12-19-28(25,26)16-5-3-15(4-6-16)21-14(2)24/h3-6,11,19H,7-10,12H2,1-2H3,(H,21,24). The van der Waals surface area contributed by atoms with E-state index in [9.17, 15) is 13.2 Å². The molecule has 1 aliphatic heterocycles. The minimum atomic E-state index is -3.73. The van der Waals surface area contributed by atoms with Gasteiger partial charge in [0.1, 0.15) is 11.6 Å². The van der Waals surface area contributed by atoms with E-state index in [1.54, 1.807) is 0 Å². The SMILES string of the molecule is CC(=O)Nc1ccc(S(=O)(=O)NCc2nc(C)cc(N3CCOCC3)n2)cc1. The molecular formula is C18H23N5O4S. The Bertz CT molecular complexity index is 941. The van der Waals surface area contributed by atoms with Gasteiger partial charge < -0.3 is 15.0 Å². The zero-order valence-corrected chi connectivity index (χ0v) is 16.6. The lowest BCUT2D eigenvalue weighted by Crippen LogP contribution is -2.37. The Kier molecular flexibility index (Phi) is 6.22. The van der Waals surface area contributed by atoms with E-state index in [0.717, 1.165) is 24.6 Å². The van der Waals surface area contributed by atoms with Crippen LogP contribution in [0.5, 0.6) is 0 Å². The van der Waals surface area contributed by atoms with E-state index in [1.165, 1.54) is 31.2 Å². The van der Waals surface area contributed by atoms with E-state index in [0.29, 0.717) is 24.7 Å². The van der Waals surface area contributed by atoms with Crippen molar-refractivity contribution in [2.45, 2.75) is 25.3 Å². The molecule has 2 heterocycles. The van der Waals surface area contributed by atoms with E-state index in [4.69, 9.17) is 4.74 Å². The number of carbonyl (C=O) groups excluding carboxylic acids is 1. The highest BCUT2D eigenvalue weighted by molar-refractivity contribution is 7.89. The van der Waals surface area contributed by atoms with E-state index < -0.39 is 10.0 Å². The van der Waals surface area contributed by atoms with Crippen molar-refractivity contribution >= 4 is 27.4 Å². The highest BCUT2D eigenvalue weighted by atomic mass is 32.2. The normalized spacial score (nSPS) is 14.7. The molecule has 0 atom stereocenters. The van der Waals surface area contributed by atoms with Gasteiger partial charge >= 0.3 is 0 Å². The van der Waals surface area contributed by atoms with Crippen LogP contribution in [0.15, 0.2) is 35.2 Å². The number of amides is 1. The minimum absolute atomic E-state index is 0.0190. The summed E-state index contributed by atoms with van der Waals surface area (Å²) < 4.78 is 32.9. The van der Waals surface area contributed by atoms with Gasteiger partial charge in [0.2, 0.25) is 15.9 Å². The molecule has 28 heavy (non-hydrogen) atoms. The molecule has 1 aromatic carbocycles. The van der Waals surface area contributed by atoms with Crippen molar-refractivity contribution < 1.29 is 17.9 Å². The summed E-state index contributed by atoms with van der Waals surface area (Å²) in [5.74, 6) is 0.950. The number of rotatable bonds is 6. The van der Waals surface area contributed by atoms with Gasteiger partial charge in [0.05, 0.1) is 24.7 Å². The maximum absolute atomic E-state index is 12.5. The van der Waals surface area contributed by atoms with Gasteiger partial charge in [0.25, 0.3) is 0 Å². The van der Waals surface area contributed by atoms with E-state index >= 15 is 0 Å². The molecule has 1 saturated heterocycles. The second kappa shape index (κ2) is 8.63. The third-order valence-electron chi connectivity index (χ3n) is 4.13. The second-order valence-electron chi connectivity index (χ2n) is 6.41. The smallest absolute Gasteiger partial charge is 0.240 e. The molecule has 150 valence electrons. The van der Waals surface area contributed by atoms with Gasteiger partial charge in [-0.15, -0.1) is 0 Å². The first-order valence-corrected chi connectivity index (χ1v) is 10.4. The van der Waals surface area contributed by atoms with Crippen LogP contribution in [0.1, 0.15) is 18.4 Å². The molecule has 2 N–H and O–H groups in total. The minimum Gasteiger partial charge on any atom is -0.378 e. The Labute approximate surface area is 164 Å². The van der Waals surface area contributed by atoms with Gasteiger partial charge in [-0.2, -0.15) is 0 Å². The van der Waals surface area contributed by atoms with Crippen LogP contribution in [0.2, 0.25) is 0 Å². The first-order valence-electron chi connectivity index (χ1n) is 8.88. The summed E-state index contributed by atoms with van der Waals surface area (Å²) in [4.78, 5) is 22.1. The number of hydrogen-bond acceptors (Lipinski definition) is 7. The molecule has 0 bridgehead atoms. The molecule has 9 nitrogen and oxygen atoms in total. The van der Waals surface area contributed by atoms with Crippen molar-refractivity contribution in [2.75, 3.05) is 36.5 Å². The van der Waals surface area contributed by atoms with Gasteiger partial charge in [-0.05, 0) is 31.2 Å². The van der Waals surface area contributed by atoms with Crippen LogP contribution in [-0.2, 0) is 26.1 Å². The van der Waals surface area contributed by atoms with Crippen LogP contribution < -0.4 is 14.9 Å². The Morgan fingerprint density at radius 3 is 2.50 bits per heavy atom. The van der Waals surface area contributed by atoms with E-state index in [-0.39, 0.29) is 17.3 Å². The molecule has 3 rings (SSSR count). The molecule has 0 aliphatic carbocycles. The number of benzene rings is 1. The van der Waals surface area contributed by atoms with Crippen molar-refractivity contribution in [1.82, 2.24) is 14.7 Å². The van der Waals surface area contributed by atoms with Crippen molar-refractivity contribution in [3.63, 3.8) is 0 Å². The lowest BCUT2D eigenvalue weighted by molar-refractivity contribution is -0.114. The monoisotopic (exact) mass is 405 g/mol. The van der Waals surface area contributed by atoms with Crippen LogP contribution in [0.25, 0.3) is 0 Å². The molecule has 0 spiro atoms. The molecule has 0 saturated carbocycles. The van der Waals surface area contributed by atoms with Crippen molar-refractivity contribution in [3.05, 3.63) is 41.9 Å². The Morgan fingerprint density at radius 2 is 1.86 bits per heavy atom. The molecule has 2 aromatic rings. The maximum Gasteiger partial charge on any atom is 0.240 e. The lowest BCUT2D eigenvalue weighted by Gasteiger charge is -2.28. The zero-order valence-electron chi connectivity index (χ0n) is 15.8. The summed E-state index contributed by atoms with van der Waals surface area (Å²) in [5.41, 5.74) is 1.30. The van der Waals surface area contributed by atoms with Crippen molar-refractivity contribution in [2.24, 2.45) is 0 Å². The first-order chi connectivity index (χ1) is 13.3. The number of aryl methyl sites for hydroxylation is 1. The Hall–Kier alpha value is -2.56. The number of carbonyl (C=O) groups is 1. The van der Waals surface area contributed by atoms with Crippen LogP contribution in [-0.4, -0.2) is 50.6 Å². The molecule has 0 unspecified atom stereocenters. The molecule has 1 amide bonds. The number of anilines is 2. The number of nitrogens with zero attached hydrogens (tertiary/aromatic N) is 3. The van der Waals surface area contributed by atoms with E-state index in [2.05, 4.69) is 24.9 Å². The van der Waals surface area contributed by atoms with Gasteiger partial charge in [0, 0.05) is 37.5 Å². The van der Waals surface area contributed by atoms with Gasteiger partial charge in [0.15, 0.2) is 0 Å². The molecule has 1 fully saturated rings. The summed E-state index contributed by atoms with van der Waals surface area (Å²) in [6.07, 6.45) is 0. The number of hydrogen-bond donors (Lipinski definition) is 2. The maximum atomic E-state index is 12.5. The fourth-order valence-electron chi connectivity index (χ4n) is 2.81. The summed E-state index contributed by atoms with van der Waals surface area (Å²) in [6.45, 7) is 5.97. The third kappa shape index (κ3) is 5.24. The predicted octanol–water partition coefficient (Wildman–Crippen LogP) is 1.06. The van der Waals surface area contributed by atoms with Crippen LogP contribution >= 0.6 is 0 Å². The summed E-state index contributed by atoms with van der Waals surface area (Å²) in [6, 6.07) is 7.82. The summed E-state index contributed by atoms with van der Waals surface area (Å²) in [5, 5.41) is 2.60. The Morgan fingerprint density at radius 1 is 1.18 bits per heavy atom. The van der Waals surface area contributed by atoms with Crippen LogP contribution in [0, 0.1) is 6.92 Å². The number of nitrogens with one attached hydrogen (secondary N) is 2. The molecule has 1 aliphatic rings. The van der Waals surface area contributed by atoms with Crippen LogP contribution in [0.4, 0.5) is 11.5 Å². The van der Waals surface area contributed by atoms with Gasteiger partial charge in [-0.1, -0.05) is 0 Å². The lowest BCUT2D eigenvalue weighted by atomic mass is 10.3. The highest BCUT2D eigenvalue weighted by Crippen LogP contribution is 2.16. The van der Waals surface area contributed by atoms with Crippen molar-refractivity contribution in [3.8, 4) is 0 Å². The van der Waals surface area contributed by atoms with Crippen molar-refractivity contribution in [1.29, 1.82) is 0 Å². The molecule has 0 radical (unpaired) electrons. The van der Waals surface area contributed by atoms with Crippen LogP contribution in [0.3, 0.4) is 0 Å². The Balaban J connectivity index is 1.70. The molecule has 1 aromatic heterocycles. The van der Waals surface area contributed by atoms with Gasteiger partial charge in [-0.25, -0.2) is 23.1 Å². The third-order valence-corrected chi connectivity index (χ3v) is 5.54. The quantitative estimate of drug-likeness (QED) is 0.739. The highest BCUT2D eigenvalue weighted by Gasteiger charge is 2.17. The zero-order chi connectivity index (χ0) is 20.1. The number of sulfonamides is 1. The topological polar surface area (TPSA) is 114 Å². The number of ether oxygens (including phenoxy) is 1. The predicted molar refractivity (Wildman–Crippen MR) is 105 cm³/mol. The fraction of sp³-hybridized carbons (Fsp3) is 0.389. The molecular weight excluding hydrogens is 382 g/mol. The average Bonchev–Trinajstić information content (AvgIpc) is 2.67.